The molecule has 160 valence electrons. The van der Waals surface area contributed by atoms with Gasteiger partial charge in [-0.15, -0.1) is 0 Å². The van der Waals surface area contributed by atoms with Crippen LogP contribution in [-0.2, 0) is 34.0 Å². The van der Waals surface area contributed by atoms with E-state index in [9.17, 15) is 18.0 Å². The van der Waals surface area contributed by atoms with Crippen LogP contribution in [0.3, 0.4) is 0 Å². The summed E-state index contributed by atoms with van der Waals surface area (Å²) in [4.78, 5) is 25.8. The third-order valence-electron chi connectivity index (χ3n) is 5.06. The molecule has 1 atom stereocenters. The predicted octanol–water partition coefficient (Wildman–Crippen LogP) is 3.27. The van der Waals surface area contributed by atoms with Crippen LogP contribution in [0.25, 0.3) is 0 Å². The predicted molar refractivity (Wildman–Crippen MR) is 117 cm³/mol. The van der Waals surface area contributed by atoms with E-state index in [1.165, 1.54) is 0 Å². The number of rotatable bonds is 6. The molecule has 2 aromatic rings. The first-order valence-electron chi connectivity index (χ1n) is 9.39. The van der Waals surface area contributed by atoms with Crippen molar-refractivity contribution in [2.45, 2.75) is 37.2 Å². The van der Waals surface area contributed by atoms with Crippen molar-refractivity contribution in [3.05, 3.63) is 62.6 Å². The SMILES string of the molecule is CC(Cc1cccc(S(C)(=O)=O)c1)NC(=O)c1c(Cl)cc2c(c1Cl)CCN(C=O)C2. The molecule has 6 nitrogen and oxygen atoms in total. The molecular formula is C21H22Cl2N2O4S. The molecule has 0 aliphatic carbocycles. The fraction of sp³-hybridized carbons (Fsp3) is 0.333. The third kappa shape index (κ3) is 4.96. The van der Waals surface area contributed by atoms with Gasteiger partial charge in [0.05, 0.1) is 20.5 Å². The minimum absolute atomic E-state index is 0.216. The van der Waals surface area contributed by atoms with Crippen molar-refractivity contribution in [3.63, 3.8) is 0 Å². The maximum atomic E-state index is 12.9. The molecule has 0 aromatic heterocycles. The van der Waals surface area contributed by atoms with Gasteiger partial charge in [-0.25, -0.2) is 8.42 Å². The number of benzene rings is 2. The summed E-state index contributed by atoms with van der Waals surface area (Å²) in [6, 6.07) is 8.06. The van der Waals surface area contributed by atoms with E-state index in [0.717, 1.165) is 29.4 Å². The second-order valence-electron chi connectivity index (χ2n) is 7.51. The van der Waals surface area contributed by atoms with Crippen molar-refractivity contribution in [2.24, 2.45) is 0 Å². The minimum Gasteiger partial charge on any atom is -0.349 e. The zero-order chi connectivity index (χ0) is 22.1. The molecule has 1 unspecified atom stereocenters. The highest BCUT2D eigenvalue weighted by Crippen LogP contribution is 2.34. The lowest BCUT2D eigenvalue weighted by molar-refractivity contribution is -0.118. The number of hydrogen-bond donors (Lipinski definition) is 1. The van der Waals surface area contributed by atoms with E-state index in [1.54, 1.807) is 29.2 Å². The van der Waals surface area contributed by atoms with Gasteiger partial charge >= 0.3 is 0 Å². The third-order valence-corrected chi connectivity index (χ3v) is 6.88. The zero-order valence-corrected chi connectivity index (χ0v) is 18.9. The Hall–Kier alpha value is -2.09. The Morgan fingerprint density at radius 3 is 2.70 bits per heavy atom. The van der Waals surface area contributed by atoms with E-state index >= 15 is 0 Å². The standard InChI is InChI=1S/C21H22Cl2N2O4S/c1-13(8-14-4-3-5-16(9-14)30(2,28)29)24-21(27)19-18(22)10-15-11-25(12-26)7-6-17(15)20(19)23/h3-5,9-10,12-13H,6-8,11H2,1-2H3,(H,24,27). The topological polar surface area (TPSA) is 83.6 Å². The van der Waals surface area contributed by atoms with Gasteiger partial charge in [-0.2, -0.15) is 0 Å². The van der Waals surface area contributed by atoms with Crippen molar-refractivity contribution in [3.8, 4) is 0 Å². The summed E-state index contributed by atoms with van der Waals surface area (Å²) in [5.74, 6) is -0.391. The van der Waals surface area contributed by atoms with Crippen LogP contribution in [-0.4, -0.2) is 44.5 Å². The molecule has 1 N–H and O–H groups in total. The second-order valence-corrected chi connectivity index (χ2v) is 10.3. The molecular weight excluding hydrogens is 447 g/mol. The average molecular weight is 469 g/mol. The van der Waals surface area contributed by atoms with Gasteiger partial charge in [0.1, 0.15) is 0 Å². The summed E-state index contributed by atoms with van der Waals surface area (Å²) < 4.78 is 23.5. The van der Waals surface area contributed by atoms with Crippen LogP contribution in [0.5, 0.6) is 0 Å². The van der Waals surface area contributed by atoms with Gasteiger partial charge in [-0.1, -0.05) is 35.3 Å². The van der Waals surface area contributed by atoms with E-state index in [4.69, 9.17) is 23.2 Å². The molecule has 1 aliphatic rings. The maximum Gasteiger partial charge on any atom is 0.254 e. The Morgan fingerprint density at radius 2 is 2.03 bits per heavy atom. The van der Waals surface area contributed by atoms with Crippen LogP contribution in [0, 0.1) is 0 Å². The summed E-state index contributed by atoms with van der Waals surface area (Å²) in [6.45, 7) is 2.77. The van der Waals surface area contributed by atoms with E-state index in [2.05, 4.69) is 5.32 Å². The molecule has 2 amide bonds. The number of amides is 2. The molecule has 0 fully saturated rings. The normalized spacial score (nSPS) is 14.7. The van der Waals surface area contributed by atoms with Crippen LogP contribution in [0.4, 0.5) is 0 Å². The lowest BCUT2D eigenvalue weighted by Gasteiger charge is -2.27. The fourth-order valence-corrected chi connectivity index (χ4v) is 5.03. The van der Waals surface area contributed by atoms with E-state index in [0.29, 0.717) is 31.0 Å². The summed E-state index contributed by atoms with van der Waals surface area (Å²) in [6.07, 6.45) is 2.94. The number of sulfone groups is 1. The van der Waals surface area contributed by atoms with Gasteiger partial charge in [0.25, 0.3) is 5.91 Å². The Morgan fingerprint density at radius 1 is 1.30 bits per heavy atom. The largest absolute Gasteiger partial charge is 0.349 e. The monoisotopic (exact) mass is 468 g/mol. The maximum absolute atomic E-state index is 12.9. The van der Waals surface area contributed by atoms with Crippen LogP contribution < -0.4 is 5.32 Å². The van der Waals surface area contributed by atoms with Crippen molar-refractivity contribution in [2.75, 3.05) is 12.8 Å². The number of hydrogen-bond acceptors (Lipinski definition) is 4. The molecule has 0 bridgehead atoms. The molecule has 2 aromatic carbocycles. The van der Waals surface area contributed by atoms with Gasteiger partial charge in [0, 0.05) is 25.4 Å². The van der Waals surface area contributed by atoms with Crippen molar-refractivity contribution in [1.29, 1.82) is 0 Å². The summed E-state index contributed by atoms with van der Waals surface area (Å²) in [7, 11) is -3.30. The van der Waals surface area contributed by atoms with Crippen molar-refractivity contribution < 1.29 is 18.0 Å². The lowest BCUT2D eigenvalue weighted by Crippen LogP contribution is -2.35. The summed E-state index contributed by atoms with van der Waals surface area (Å²) in [5, 5.41) is 3.43. The van der Waals surface area contributed by atoms with Gasteiger partial charge in [0.15, 0.2) is 9.84 Å². The Labute approximate surface area is 186 Å². The highest BCUT2D eigenvalue weighted by molar-refractivity contribution is 7.90. The molecule has 1 heterocycles. The summed E-state index contributed by atoms with van der Waals surface area (Å²) >= 11 is 12.9. The molecule has 0 saturated carbocycles. The van der Waals surface area contributed by atoms with Gasteiger partial charge in [0.2, 0.25) is 6.41 Å². The van der Waals surface area contributed by atoms with Crippen LogP contribution >= 0.6 is 23.2 Å². The summed E-state index contributed by atoms with van der Waals surface area (Å²) in [5.41, 5.74) is 2.68. The first kappa shape index (κ1) is 22.6. The number of nitrogens with one attached hydrogen (secondary N) is 1. The second kappa shape index (κ2) is 8.96. The Bertz CT molecular complexity index is 1100. The number of carbonyl (C=O) groups excluding carboxylic acids is 2. The Balaban J connectivity index is 1.77. The van der Waals surface area contributed by atoms with E-state index in [1.807, 2.05) is 13.0 Å². The fourth-order valence-electron chi connectivity index (χ4n) is 3.58. The number of halogens is 2. The molecule has 0 radical (unpaired) electrons. The van der Waals surface area contributed by atoms with E-state index < -0.39 is 15.7 Å². The molecule has 0 saturated heterocycles. The molecule has 0 spiro atoms. The van der Waals surface area contributed by atoms with Crippen LogP contribution in [0.2, 0.25) is 10.0 Å². The first-order chi connectivity index (χ1) is 14.1. The minimum atomic E-state index is -3.30. The van der Waals surface area contributed by atoms with Crippen molar-refractivity contribution in [1.82, 2.24) is 10.2 Å². The zero-order valence-electron chi connectivity index (χ0n) is 16.6. The molecule has 3 rings (SSSR count). The smallest absolute Gasteiger partial charge is 0.254 e. The van der Waals surface area contributed by atoms with Crippen LogP contribution in [0.15, 0.2) is 35.2 Å². The van der Waals surface area contributed by atoms with Crippen molar-refractivity contribution >= 4 is 45.4 Å². The highest BCUT2D eigenvalue weighted by Gasteiger charge is 2.25. The molecule has 30 heavy (non-hydrogen) atoms. The lowest BCUT2D eigenvalue weighted by atomic mass is 9.96. The first-order valence-corrected chi connectivity index (χ1v) is 12.0. The highest BCUT2D eigenvalue weighted by atomic mass is 35.5. The number of carbonyl (C=O) groups is 2. The number of fused-ring (bicyclic) bond motifs is 1. The Kier molecular flexibility index (Phi) is 6.75. The van der Waals surface area contributed by atoms with Gasteiger partial charge < -0.3 is 10.2 Å². The quantitative estimate of drug-likeness (QED) is 0.659. The van der Waals surface area contributed by atoms with Gasteiger partial charge in [-0.3, -0.25) is 9.59 Å². The molecule has 9 heteroatoms. The van der Waals surface area contributed by atoms with Crippen LogP contribution in [0.1, 0.15) is 34.0 Å². The average Bonchev–Trinajstić information content (AvgIpc) is 2.66. The number of nitrogens with zero attached hydrogens (tertiary/aromatic N) is 1. The van der Waals surface area contributed by atoms with Gasteiger partial charge in [-0.05, 0) is 54.7 Å². The van der Waals surface area contributed by atoms with E-state index in [-0.39, 0.29) is 21.5 Å². The molecule has 1 aliphatic heterocycles.